The lowest BCUT2D eigenvalue weighted by Crippen LogP contribution is -2.50. The molecule has 2 aromatic rings. The van der Waals surface area contributed by atoms with Crippen LogP contribution in [-0.2, 0) is 11.3 Å². The van der Waals surface area contributed by atoms with Crippen LogP contribution in [0.3, 0.4) is 0 Å². The number of hydrogen-bond donors (Lipinski definition) is 1. The third-order valence-corrected chi connectivity index (χ3v) is 4.94. The van der Waals surface area contributed by atoms with Crippen LogP contribution < -0.4 is 0 Å². The van der Waals surface area contributed by atoms with Crippen LogP contribution in [0.15, 0.2) is 35.7 Å². The summed E-state index contributed by atoms with van der Waals surface area (Å²) in [6.07, 6.45) is -0.909. The van der Waals surface area contributed by atoms with Gasteiger partial charge in [0, 0.05) is 43.7 Å². The number of benzene rings is 1. The lowest BCUT2D eigenvalue weighted by molar-refractivity contribution is -0.141. The summed E-state index contributed by atoms with van der Waals surface area (Å²) in [5.41, 5.74) is 2.22. The van der Waals surface area contributed by atoms with Crippen molar-refractivity contribution in [3.05, 3.63) is 41.4 Å². The number of nitrogens with zero attached hydrogens (tertiary/aromatic N) is 3. The lowest BCUT2D eigenvalue weighted by Gasteiger charge is -2.34. The molecule has 1 amide bonds. The minimum atomic E-state index is -0.909. The van der Waals surface area contributed by atoms with Crippen molar-refractivity contribution in [1.82, 2.24) is 14.8 Å². The summed E-state index contributed by atoms with van der Waals surface area (Å²) in [4.78, 5) is 20.5. The molecule has 122 valence electrons. The Hall–Kier alpha value is -1.76. The fourth-order valence-electron chi connectivity index (χ4n) is 2.71. The minimum absolute atomic E-state index is 0.176. The molecule has 0 saturated carbocycles. The van der Waals surface area contributed by atoms with Crippen molar-refractivity contribution < 1.29 is 9.90 Å². The zero-order valence-corrected chi connectivity index (χ0v) is 14.0. The highest BCUT2D eigenvalue weighted by atomic mass is 32.1. The molecule has 1 saturated heterocycles. The quantitative estimate of drug-likeness (QED) is 0.929. The van der Waals surface area contributed by atoms with Gasteiger partial charge in [-0.2, -0.15) is 0 Å². The molecule has 1 atom stereocenters. The first-order valence-corrected chi connectivity index (χ1v) is 8.70. The van der Waals surface area contributed by atoms with Crippen molar-refractivity contribution in [2.45, 2.75) is 19.6 Å². The number of rotatable bonds is 4. The Morgan fingerprint density at radius 1 is 1.26 bits per heavy atom. The van der Waals surface area contributed by atoms with Crippen molar-refractivity contribution >= 4 is 17.2 Å². The molecular formula is C17H21N3O2S. The van der Waals surface area contributed by atoms with E-state index in [1.165, 1.54) is 6.92 Å². The van der Waals surface area contributed by atoms with Crippen molar-refractivity contribution in [3.63, 3.8) is 0 Å². The zero-order valence-electron chi connectivity index (χ0n) is 13.2. The predicted molar refractivity (Wildman–Crippen MR) is 91.1 cm³/mol. The second kappa shape index (κ2) is 7.21. The van der Waals surface area contributed by atoms with Gasteiger partial charge in [0.25, 0.3) is 5.91 Å². The fraction of sp³-hybridized carbons (Fsp3) is 0.412. The largest absolute Gasteiger partial charge is 0.384 e. The van der Waals surface area contributed by atoms with E-state index >= 15 is 0 Å². The molecule has 2 heterocycles. The molecule has 1 unspecified atom stereocenters. The number of carbonyl (C=O) groups excluding carboxylic acids is 1. The first-order valence-electron chi connectivity index (χ1n) is 7.82. The molecule has 1 aliphatic rings. The van der Waals surface area contributed by atoms with E-state index < -0.39 is 6.10 Å². The summed E-state index contributed by atoms with van der Waals surface area (Å²) in [6.45, 7) is 5.29. The first-order chi connectivity index (χ1) is 11.1. The molecule has 1 aromatic heterocycles. The summed E-state index contributed by atoms with van der Waals surface area (Å²) in [6, 6.07) is 10.2. The number of hydrogen-bond acceptors (Lipinski definition) is 5. The van der Waals surface area contributed by atoms with E-state index in [0.717, 1.165) is 35.9 Å². The zero-order chi connectivity index (χ0) is 16.2. The van der Waals surface area contributed by atoms with Gasteiger partial charge in [0.2, 0.25) is 0 Å². The average Bonchev–Trinajstić information content (AvgIpc) is 3.04. The molecule has 1 aromatic carbocycles. The highest BCUT2D eigenvalue weighted by Crippen LogP contribution is 2.24. The summed E-state index contributed by atoms with van der Waals surface area (Å²) in [7, 11) is 0. The van der Waals surface area contributed by atoms with Gasteiger partial charge in [-0.1, -0.05) is 30.3 Å². The Kier molecular flexibility index (Phi) is 5.05. The third-order valence-electron chi connectivity index (χ3n) is 4.00. The van der Waals surface area contributed by atoms with Gasteiger partial charge < -0.3 is 10.0 Å². The number of piperazine rings is 1. The maximum Gasteiger partial charge on any atom is 0.251 e. The molecule has 0 bridgehead atoms. The van der Waals surface area contributed by atoms with Crippen molar-refractivity contribution in [2.75, 3.05) is 26.2 Å². The Labute approximate surface area is 140 Å². The van der Waals surface area contributed by atoms with Crippen LogP contribution in [0.1, 0.15) is 12.6 Å². The molecule has 6 heteroatoms. The second-order valence-corrected chi connectivity index (χ2v) is 6.65. The number of aliphatic hydroxyl groups excluding tert-OH is 1. The van der Waals surface area contributed by atoms with Gasteiger partial charge in [0.1, 0.15) is 11.1 Å². The van der Waals surface area contributed by atoms with Gasteiger partial charge in [0.05, 0.1) is 5.69 Å². The molecule has 0 spiro atoms. The SMILES string of the molecule is CC(O)C(=O)N1CCN(Cc2csc(-c3ccccc3)n2)CC1. The van der Waals surface area contributed by atoms with Crippen LogP contribution in [0.25, 0.3) is 10.6 Å². The van der Waals surface area contributed by atoms with Crippen LogP contribution in [0.5, 0.6) is 0 Å². The monoisotopic (exact) mass is 331 g/mol. The minimum Gasteiger partial charge on any atom is -0.384 e. The van der Waals surface area contributed by atoms with Gasteiger partial charge in [-0.3, -0.25) is 9.69 Å². The van der Waals surface area contributed by atoms with E-state index in [2.05, 4.69) is 22.4 Å². The Morgan fingerprint density at radius 2 is 1.96 bits per heavy atom. The van der Waals surface area contributed by atoms with Crippen LogP contribution in [0, 0.1) is 0 Å². The van der Waals surface area contributed by atoms with Crippen LogP contribution >= 0.6 is 11.3 Å². The number of aromatic nitrogens is 1. The normalized spacial score (nSPS) is 17.2. The summed E-state index contributed by atoms with van der Waals surface area (Å²) in [5, 5.41) is 12.5. The molecule has 1 aliphatic heterocycles. The number of amides is 1. The Balaban J connectivity index is 1.55. The van der Waals surface area contributed by atoms with Gasteiger partial charge in [-0.05, 0) is 6.92 Å². The highest BCUT2D eigenvalue weighted by Gasteiger charge is 2.24. The number of carbonyl (C=O) groups is 1. The maximum atomic E-state index is 11.8. The number of thiazole rings is 1. The Bertz CT molecular complexity index is 649. The van der Waals surface area contributed by atoms with Crippen LogP contribution in [0.2, 0.25) is 0 Å². The van der Waals surface area contributed by atoms with Gasteiger partial charge in [-0.25, -0.2) is 4.98 Å². The average molecular weight is 331 g/mol. The van der Waals surface area contributed by atoms with Crippen LogP contribution in [-0.4, -0.2) is 58.1 Å². The van der Waals surface area contributed by atoms with Crippen molar-refractivity contribution in [1.29, 1.82) is 0 Å². The summed E-state index contributed by atoms with van der Waals surface area (Å²) >= 11 is 1.67. The van der Waals surface area contributed by atoms with E-state index in [1.807, 2.05) is 18.2 Å². The molecule has 1 N–H and O–H groups in total. The fourth-order valence-corrected chi connectivity index (χ4v) is 3.53. The first kappa shape index (κ1) is 16.1. The van der Waals surface area contributed by atoms with E-state index in [0.29, 0.717) is 13.1 Å². The molecule has 23 heavy (non-hydrogen) atoms. The topological polar surface area (TPSA) is 56.7 Å². The second-order valence-electron chi connectivity index (χ2n) is 5.79. The molecule has 5 nitrogen and oxygen atoms in total. The molecule has 0 radical (unpaired) electrons. The molecular weight excluding hydrogens is 310 g/mol. The van der Waals surface area contributed by atoms with E-state index in [1.54, 1.807) is 16.2 Å². The Morgan fingerprint density at radius 3 is 2.61 bits per heavy atom. The predicted octanol–water partition coefficient (Wildman–Crippen LogP) is 1.84. The third kappa shape index (κ3) is 3.96. The standard InChI is InChI=1S/C17H21N3O2S/c1-13(21)17(22)20-9-7-19(8-10-20)11-15-12-23-16(18-15)14-5-3-2-4-6-14/h2-6,12-13,21H,7-11H2,1H3. The number of aliphatic hydroxyl groups is 1. The summed E-state index contributed by atoms with van der Waals surface area (Å²) < 4.78 is 0. The van der Waals surface area contributed by atoms with E-state index in [-0.39, 0.29) is 5.91 Å². The van der Waals surface area contributed by atoms with Gasteiger partial charge in [-0.15, -0.1) is 11.3 Å². The maximum absolute atomic E-state index is 11.8. The van der Waals surface area contributed by atoms with Gasteiger partial charge >= 0.3 is 0 Å². The smallest absolute Gasteiger partial charge is 0.251 e. The molecule has 0 aliphatic carbocycles. The van der Waals surface area contributed by atoms with E-state index in [4.69, 9.17) is 4.98 Å². The summed E-state index contributed by atoms with van der Waals surface area (Å²) in [5.74, 6) is -0.176. The molecule has 1 fully saturated rings. The van der Waals surface area contributed by atoms with E-state index in [9.17, 15) is 9.90 Å². The molecule has 3 rings (SSSR count). The van der Waals surface area contributed by atoms with Crippen molar-refractivity contribution in [2.24, 2.45) is 0 Å². The lowest BCUT2D eigenvalue weighted by atomic mass is 10.2. The highest BCUT2D eigenvalue weighted by molar-refractivity contribution is 7.13. The van der Waals surface area contributed by atoms with Crippen LogP contribution in [0.4, 0.5) is 0 Å². The van der Waals surface area contributed by atoms with Gasteiger partial charge in [0.15, 0.2) is 0 Å². The van der Waals surface area contributed by atoms with Crippen molar-refractivity contribution in [3.8, 4) is 10.6 Å².